The molecule has 1 saturated carbocycles. The number of nitrogens with one attached hydrogen (secondary N) is 1. The van der Waals surface area contributed by atoms with Gasteiger partial charge in [-0.15, -0.1) is 0 Å². The van der Waals surface area contributed by atoms with E-state index < -0.39 is 0 Å². The highest BCUT2D eigenvalue weighted by Gasteiger charge is 2.20. The minimum atomic E-state index is 0.241. The highest BCUT2D eigenvalue weighted by Crippen LogP contribution is 2.24. The fourth-order valence-electron chi connectivity index (χ4n) is 1.58. The van der Waals surface area contributed by atoms with Crippen LogP contribution in [0.4, 0.5) is 0 Å². The van der Waals surface area contributed by atoms with E-state index in [1.165, 1.54) is 12.8 Å². The quantitative estimate of drug-likeness (QED) is 0.899. The lowest BCUT2D eigenvalue weighted by Gasteiger charge is -2.00. The standard InChI is InChI=1S/C13H13ClN2O2/c14-9-2-1-3-12(6-9)18-13-16-11(8-17-13)7-15-10-4-5-10/h1-3,6,8,10,15H,4-5,7H2. The molecule has 0 saturated heterocycles. The molecule has 1 aromatic heterocycles. The molecule has 0 radical (unpaired) electrons. The molecule has 5 heteroatoms. The summed E-state index contributed by atoms with van der Waals surface area (Å²) in [7, 11) is 0. The highest BCUT2D eigenvalue weighted by molar-refractivity contribution is 6.30. The van der Waals surface area contributed by atoms with Crippen LogP contribution in [0.2, 0.25) is 5.02 Å². The van der Waals surface area contributed by atoms with E-state index in [0.717, 1.165) is 5.69 Å². The summed E-state index contributed by atoms with van der Waals surface area (Å²) >= 11 is 5.87. The third-order valence-corrected chi connectivity index (χ3v) is 2.92. The number of aromatic nitrogens is 1. The molecule has 0 amide bonds. The molecule has 1 N–H and O–H groups in total. The van der Waals surface area contributed by atoms with Crippen molar-refractivity contribution in [2.24, 2.45) is 0 Å². The number of rotatable bonds is 5. The van der Waals surface area contributed by atoms with Gasteiger partial charge in [-0.3, -0.25) is 0 Å². The van der Waals surface area contributed by atoms with Crippen molar-refractivity contribution in [1.82, 2.24) is 10.3 Å². The van der Waals surface area contributed by atoms with Crippen LogP contribution in [0, 0.1) is 0 Å². The van der Waals surface area contributed by atoms with Gasteiger partial charge in [0.2, 0.25) is 0 Å². The first kappa shape index (κ1) is 11.6. The smallest absolute Gasteiger partial charge is 0.399 e. The van der Waals surface area contributed by atoms with Crippen molar-refractivity contribution >= 4 is 11.6 Å². The Morgan fingerprint density at radius 2 is 2.33 bits per heavy atom. The molecule has 0 bridgehead atoms. The predicted octanol–water partition coefficient (Wildman–Crippen LogP) is 3.37. The van der Waals surface area contributed by atoms with E-state index in [9.17, 15) is 0 Å². The molecule has 0 spiro atoms. The van der Waals surface area contributed by atoms with Crippen molar-refractivity contribution in [3.8, 4) is 11.8 Å². The normalized spacial score (nSPS) is 14.7. The number of nitrogens with zero attached hydrogens (tertiary/aromatic N) is 1. The van der Waals surface area contributed by atoms with Crippen LogP contribution in [-0.4, -0.2) is 11.0 Å². The molecular formula is C13H13ClN2O2. The second kappa shape index (κ2) is 5.00. The van der Waals surface area contributed by atoms with E-state index in [0.29, 0.717) is 23.4 Å². The molecule has 0 atom stereocenters. The average molecular weight is 265 g/mol. The summed E-state index contributed by atoms with van der Waals surface area (Å²) in [5.41, 5.74) is 0.846. The van der Waals surface area contributed by atoms with Crippen molar-refractivity contribution in [3.63, 3.8) is 0 Å². The van der Waals surface area contributed by atoms with E-state index in [-0.39, 0.29) is 6.08 Å². The maximum absolute atomic E-state index is 5.87. The van der Waals surface area contributed by atoms with Crippen LogP contribution in [0.15, 0.2) is 34.9 Å². The molecule has 1 fully saturated rings. The molecular weight excluding hydrogens is 252 g/mol. The Morgan fingerprint density at radius 1 is 1.44 bits per heavy atom. The summed E-state index contributed by atoms with van der Waals surface area (Å²) < 4.78 is 10.7. The van der Waals surface area contributed by atoms with Crippen LogP contribution < -0.4 is 10.1 Å². The average Bonchev–Trinajstić information content (AvgIpc) is 3.08. The molecule has 3 rings (SSSR count). The van der Waals surface area contributed by atoms with E-state index in [1.807, 2.05) is 6.07 Å². The maximum Gasteiger partial charge on any atom is 0.399 e. The second-order valence-electron chi connectivity index (χ2n) is 4.32. The first-order chi connectivity index (χ1) is 8.79. The molecule has 1 aliphatic rings. The van der Waals surface area contributed by atoms with Crippen LogP contribution in [0.5, 0.6) is 11.8 Å². The molecule has 1 aliphatic carbocycles. The summed E-state index contributed by atoms with van der Waals surface area (Å²) in [5.74, 6) is 0.617. The van der Waals surface area contributed by atoms with Crippen LogP contribution >= 0.6 is 11.6 Å². The second-order valence-corrected chi connectivity index (χ2v) is 4.76. The lowest BCUT2D eigenvalue weighted by molar-refractivity contribution is 0.331. The molecule has 2 aromatic rings. The third kappa shape index (κ3) is 3.03. The Balaban J connectivity index is 1.61. The summed E-state index contributed by atoms with van der Waals surface area (Å²) in [6, 6.07) is 7.77. The number of benzene rings is 1. The third-order valence-electron chi connectivity index (χ3n) is 2.68. The first-order valence-corrected chi connectivity index (χ1v) is 6.28. The molecule has 0 unspecified atom stereocenters. The number of oxazole rings is 1. The number of hydrogen-bond acceptors (Lipinski definition) is 4. The van der Waals surface area contributed by atoms with E-state index >= 15 is 0 Å². The van der Waals surface area contributed by atoms with E-state index in [1.54, 1.807) is 24.5 Å². The van der Waals surface area contributed by atoms with Crippen LogP contribution in [0.25, 0.3) is 0 Å². The van der Waals surface area contributed by atoms with Crippen molar-refractivity contribution < 1.29 is 9.15 Å². The molecule has 0 aliphatic heterocycles. The monoisotopic (exact) mass is 264 g/mol. The lowest BCUT2D eigenvalue weighted by atomic mass is 10.3. The largest absolute Gasteiger partial charge is 0.417 e. The summed E-state index contributed by atoms with van der Waals surface area (Å²) in [6.45, 7) is 0.715. The Bertz CT molecular complexity index is 537. The van der Waals surface area contributed by atoms with Crippen molar-refractivity contribution in [1.29, 1.82) is 0 Å². The lowest BCUT2D eigenvalue weighted by Crippen LogP contribution is -2.15. The molecule has 1 aromatic carbocycles. The van der Waals surface area contributed by atoms with Gasteiger partial charge < -0.3 is 14.5 Å². The van der Waals surface area contributed by atoms with Crippen LogP contribution in [0.1, 0.15) is 18.5 Å². The Morgan fingerprint density at radius 3 is 3.11 bits per heavy atom. The SMILES string of the molecule is Clc1cccc(Oc2nc(CNC3CC3)co2)c1. The molecule has 94 valence electrons. The van der Waals surface area contributed by atoms with Gasteiger partial charge in [0, 0.05) is 17.6 Å². The summed E-state index contributed by atoms with van der Waals surface area (Å²) in [6.07, 6.45) is 4.35. The number of ether oxygens (including phenoxy) is 1. The molecule has 18 heavy (non-hydrogen) atoms. The van der Waals surface area contributed by atoms with Gasteiger partial charge in [0.25, 0.3) is 0 Å². The molecule has 4 nitrogen and oxygen atoms in total. The van der Waals surface area contributed by atoms with Crippen LogP contribution in [0.3, 0.4) is 0 Å². The van der Waals surface area contributed by atoms with Gasteiger partial charge >= 0.3 is 6.08 Å². The van der Waals surface area contributed by atoms with Crippen molar-refractivity contribution in [3.05, 3.63) is 41.2 Å². The summed E-state index contributed by atoms with van der Waals surface area (Å²) in [4.78, 5) is 4.24. The van der Waals surface area contributed by atoms with Gasteiger partial charge in [-0.05, 0) is 31.0 Å². The van der Waals surface area contributed by atoms with Gasteiger partial charge in [-0.25, -0.2) is 0 Å². The van der Waals surface area contributed by atoms with Crippen LogP contribution in [-0.2, 0) is 6.54 Å². The van der Waals surface area contributed by atoms with Gasteiger partial charge in [0.1, 0.15) is 12.0 Å². The minimum absolute atomic E-state index is 0.241. The summed E-state index contributed by atoms with van der Waals surface area (Å²) in [5, 5.41) is 3.98. The topological polar surface area (TPSA) is 47.3 Å². The Hall–Kier alpha value is -1.52. The maximum atomic E-state index is 5.87. The molecule has 1 heterocycles. The van der Waals surface area contributed by atoms with Gasteiger partial charge in [-0.2, -0.15) is 4.98 Å². The highest BCUT2D eigenvalue weighted by atomic mass is 35.5. The first-order valence-electron chi connectivity index (χ1n) is 5.91. The Labute approximate surface area is 110 Å². The van der Waals surface area contributed by atoms with Crippen molar-refractivity contribution in [2.75, 3.05) is 0 Å². The fourth-order valence-corrected chi connectivity index (χ4v) is 1.76. The minimum Gasteiger partial charge on any atom is -0.417 e. The zero-order valence-electron chi connectivity index (χ0n) is 9.73. The predicted molar refractivity (Wildman–Crippen MR) is 67.9 cm³/mol. The van der Waals surface area contributed by atoms with E-state index in [4.69, 9.17) is 20.8 Å². The van der Waals surface area contributed by atoms with Gasteiger partial charge in [-0.1, -0.05) is 17.7 Å². The number of halogens is 1. The fraction of sp³-hybridized carbons (Fsp3) is 0.308. The zero-order valence-corrected chi connectivity index (χ0v) is 10.5. The van der Waals surface area contributed by atoms with Gasteiger partial charge in [0.15, 0.2) is 0 Å². The zero-order chi connectivity index (χ0) is 12.4. The van der Waals surface area contributed by atoms with Gasteiger partial charge in [0.05, 0.1) is 5.69 Å². The number of hydrogen-bond donors (Lipinski definition) is 1. The Kier molecular flexibility index (Phi) is 3.21. The van der Waals surface area contributed by atoms with E-state index in [2.05, 4.69) is 10.3 Å². The van der Waals surface area contributed by atoms with Crippen molar-refractivity contribution in [2.45, 2.75) is 25.4 Å².